The first-order valence-corrected chi connectivity index (χ1v) is 8.15. The van der Waals surface area contributed by atoms with Gasteiger partial charge in [-0.25, -0.2) is 4.98 Å². The van der Waals surface area contributed by atoms with E-state index >= 15 is 0 Å². The standard InChI is InChI=1S/C17H29N3/c1-3-5-15-6-4-10-20(11-8-15)17-14(2)12-16(7-9-18)13-19-17/h12-13,15H,3-11,18H2,1-2H3. The van der Waals surface area contributed by atoms with Gasteiger partial charge >= 0.3 is 0 Å². The van der Waals surface area contributed by atoms with E-state index in [0.29, 0.717) is 6.54 Å². The van der Waals surface area contributed by atoms with Crippen LogP contribution in [0.5, 0.6) is 0 Å². The molecule has 0 aliphatic carbocycles. The van der Waals surface area contributed by atoms with Gasteiger partial charge in [-0.05, 0) is 56.2 Å². The molecule has 0 amide bonds. The average molecular weight is 275 g/mol. The van der Waals surface area contributed by atoms with Crippen LogP contribution in [0.1, 0.15) is 50.2 Å². The third-order valence-electron chi connectivity index (χ3n) is 4.38. The monoisotopic (exact) mass is 275 g/mol. The van der Waals surface area contributed by atoms with Gasteiger partial charge in [0.25, 0.3) is 0 Å². The van der Waals surface area contributed by atoms with Gasteiger partial charge in [0.2, 0.25) is 0 Å². The van der Waals surface area contributed by atoms with Gasteiger partial charge in [0.15, 0.2) is 0 Å². The number of hydrogen-bond donors (Lipinski definition) is 1. The maximum absolute atomic E-state index is 5.62. The van der Waals surface area contributed by atoms with Gasteiger partial charge in [-0.2, -0.15) is 0 Å². The SMILES string of the molecule is CCCC1CCCN(c2ncc(CCN)cc2C)CC1. The maximum Gasteiger partial charge on any atom is 0.131 e. The van der Waals surface area contributed by atoms with Crippen LogP contribution in [0, 0.1) is 12.8 Å². The lowest BCUT2D eigenvalue weighted by Crippen LogP contribution is -2.26. The maximum atomic E-state index is 5.62. The van der Waals surface area contributed by atoms with E-state index in [2.05, 4.69) is 24.8 Å². The zero-order valence-electron chi connectivity index (χ0n) is 13.1. The number of aryl methyl sites for hydroxylation is 1. The van der Waals surface area contributed by atoms with Crippen LogP contribution >= 0.6 is 0 Å². The molecular weight excluding hydrogens is 246 g/mol. The Labute approximate surface area is 123 Å². The van der Waals surface area contributed by atoms with Crippen molar-refractivity contribution in [3.8, 4) is 0 Å². The lowest BCUT2D eigenvalue weighted by molar-refractivity contribution is 0.435. The van der Waals surface area contributed by atoms with E-state index in [0.717, 1.165) is 25.4 Å². The largest absolute Gasteiger partial charge is 0.356 e. The first-order valence-electron chi connectivity index (χ1n) is 8.15. The van der Waals surface area contributed by atoms with Crippen LogP contribution < -0.4 is 10.6 Å². The summed E-state index contributed by atoms with van der Waals surface area (Å²) >= 11 is 0. The lowest BCUT2D eigenvalue weighted by Gasteiger charge is -2.24. The Hall–Kier alpha value is -1.09. The number of hydrogen-bond acceptors (Lipinski definition) is 3. The van der Waals surface area contributed by atoms with Crippen molar-refractivity contribution in [2.45, 2.75) is 52.4 Å². The predicted octanol–water partition coefficient (Wildman–Crippen LogP) is 3.30. The molecule has 3 heteroatoms. The topological polar surface area (TPSA) is 42.2 Å². The fourth-order valence-electron chi connectivity index (χ4n) is 3.33. The zero-order valence-corrected chi connectivity index (χ0v) is 13.1. The van der Waals surface area contributed by atoms with Crippen LogP contribution in [-0.4, -0.2) is 24.6 Å². The van der Waals surface area contributed by atoms with E-state index in [1.165, 1.54) is 49.0 Å². The molecule has 20 heavy (non-hydrogen) atoms. The van der Waals surface area contributed by atoms with Gasteiger partial charge < -0.3 is 10.6 Å². The third kappa shape index (κ3) is 3.95. The second-order valence-corrected chi connectivity index (χ2v) is 6.10. The molecule has 1 atom stereocenters. The summed E-state index contributed by atoms with van der Waals surface area (Å²) in [5, 5.41) is 0. The predicted molar refractivity (Wildman–Crippen MR) is 86.2 cm³/mol. The first-order chi connectivity index (χ1) is 9.74. The highest BCUT2D eigenvalue weighted by molar-refractivity contribution is 5.47. The van der Waals surface area contributed by atoms with Crippen LogP contribution in [0.15, 0.2) is 12.3 Å². The van der Waals surface area contributed by atoms with Crippen LogP contribution in [0.2, 0.25) is 0 Å². The molecule has 1 saturated heterocycles. The number of rotatable bonds is 5. The van der Waals surface area contributed by atoms with Gasteiger partial charge in [0.1, 0.15) is 5.82 Å². The molecule has 0 aromatic carbocycles. The summed E-state index contributed by atoms with van der Waals surface area (Å²) in [5.41, 5.74) is 8.17. The molecule has 1 aliphatic heterocycles. The minimum Gasteiger partial charge on any atom is -0.356 e. The number of nitrogens with zero attached hydrogens (tertiary/aromatic N) is 2. The van der Waals surface area contributed by atoms with E-state index in [4.69, 9.17) is 10.7 Å². The molecule has 0 radical (unpaired) electrons. The molecule has 1 aliphatic rings. The summed E-state index contributed by atoms with van der Waals surface area (Å²) in [7, 11) is 0. The highest BCUT2D eigenvalue weighted by Crippen LogP contribution is 2.26. The van der Waals surface area contributed by atoms with E-state index in [9.17, 15) is 0 Å². The van der Waals surface area contributed by atoms with Crippen LogP contribution in [0.25, 0.3) is 0 Å². The number of pyridine rings is 1. The molecule has 0 bridgehead atoms. The Kier molecular flexibility index (Phi) is 5.84. The zero-order chi connectivity index (χ0) is 14.4. The Bertz CT molecular complexity index is 417. The lowest BCUT2D eigenvalue weighted by atomic mass is 9.96. The van der Waals surface area contributed by atoms with Crippen molar-refractivity contribution in [2.24, 2.45) is 11.7 Å². The molecule has 1 aromatic heterocycles. The Morgan fingerprint density at radius 1 is 1.35 bits per heavy atom. The second-order valence-electron chi connectivity index (χ2n) is 6.10. The van der Waals surface area contributed by atoms with E-state index < -0.39 is 0 Å². The van der Waals surface area contributed by atoms with Crippen molar-refractivity contribution < 1.29 is 0 Å². The van der Waals surface area contributed by atoms with Gasteiger partial charge in [0, 0.05) is 19.3 Å². The molecule has 2 heterocycles. The number of aromatic nitrogens is 1. The smallest absolute Gasteiger partial charge is 0.131 e. The summed E-state index contributed by atoms with van der Waals surface area (Å²) in [5.74, 6) is 2.10. The Morgan fingerprint density at radius 2 is 2.20 bits per heavy atom. The number of nitrogens with two attached hydrogens (primary N) is 1. The molecule has 3 nitrogen and oxygen atoms in total. The summed E-state index contributed by atoms with van der Waals surface area (Å²) in [4.78, 5) is 7.19. The molecular formula is C17H29N3. The number of anilines is 1. The van der Waals surface area contributed by atoms with Gasteiger partial charge in [-0.15, -0.1) is 0 Å². The summed E-state index contributed by atoms with van der Waals surface area (Å²) in [6.07, 6.45) is 9.63. The minimum absolute atomic E-state index is 0.697. The van der Waals surface area contributed by atoms with Crippen molar-refractivity contribution >= 4 is 5.82 Å². The molecule has 1 unspecified atom stereocenters. The molecule has 2 rings (SSSR count). The normalized spacial score (nSPS) is 19.9. The molecule has 1 fully saturated rings. The van der Waals surface area contributed by atoms with E-state index in [1.807, 2.05) is 6.20 Å². The third-order valence-corrected chi connectivity index (χ3v) is 4.38. The molecule has 112 valence electrons. The highest BCUT2D eigenvalue weighted by Gasteiger charge is 2.18. The van der Waals surface area contributed by atoms with Crippen LogP contribution in [0.4, 0.5) is 5.82 Å². The van der Waals surface area contributed by atoms with Gasteiger partial charge in [0.05, 0.1) is 0 Å². The Morgan fingerprint density at radius 3 is 2.90 bits per heavy atom. The van der Waals surface area contributed by atoms with E-state index in [-0.39, 0.29) is 0 Å². The Balaban J connectivity index is 2.03. The average Bonchev–Trinajstić information content (AvgIpc) is 2.66. The van der Waals surface area contributed by atoms with Gasteiger partial charge in [-0.1, -0.05) is 25.8 Å². The summed E-state index contributed by atoms with van der Waals surface area (Å²) in [6.45, 7) is 7.49. The van der Waals surface area contributed by atoms with Crippen molar-refractivity contribution in [1.29, 1.82) is 0 Å². The van der Waals surface area contributed by atoms with E-state index in [1.54, 1.807) is 0 Å². The quantitative estimate of drug-likeness (QED) is 0.896. The van der Waals surface area contributed by atoms with Crippen molar-refractivity contribution in [1.82, 2.24) is 4.98 Å². The van der Waals surface area contributed by atoms with Crippen molar-refractivity contribution in [3.05, 3.63) is 23.4 Å². The fraction of sp³-hybridized carbons (Fsp3) is 0.706. The highest BCUT2D eigenvalue weighted by atomic mass is 15.2. The van der Waals surface area contributed by atoms with Crippen molar-refractivity contribution in [2.75, 3.05) is 24.5 Å². The molecule has 1 aromatic rings. The van der Waals surface area contributed by atoms with Crippen LogP contribution in [-0.2, 0) is 6.42 Å². The molecule has 0 spiro atoms. The summed E-state index contributed by atoms with van der Waals surface area (Å²) < 4.78 is 0. The van der Waals surface area contributed by atoms with Crippen molar-refractivity contribution in [3.63, 3.8) is 0 Å². The first kappa shape index (κ1) is 15.3. The molecule has 0 saturated carbocycles. The molecule has 2 N–H and O–H groups in total. The minimum atomic E-state index is 0.697. The summed E-state index contributed by atoms with van der Waals surface area (Å²) in [6, 6.07) is 2.25. The van der Waals surface area contributed by atoms with Gasteiger partial charge in [-0.3, -0.25) is 0 Å². The van der Waals surface area contributed by atoms with Crippen LogP contribution in [0.3, 0.4) is 0 Å². The second kappa shape index (κ2) is 7.63. The fourth-order valence-corrected chi connectivity index (χ4v) is 3.33.